The van der Waals surface area contributed by atoms with E-state index in [1.54, 1.807) is 12.1 Å². The van der Waals surface area contributed by atoms with Crippen molar-refractivity contribution in [1.29, 1.82) is 0 Å². The number of allylic oxidation sites excluding steroid dienone is 2. The van der Waals surface area contributed by atoms with Crippen LogP contribution in [0.5, 0.6) is 0 Å². The van der Waals surface area contributed by atoms with Crippen LogP contribution in [0.25, 0.3) is 5.57 Å². The number of nitrogens with zero attached hydrogens (tertiary/aromatic N) is 1. The van der Waals surface area contributed by atoms with E-state index in [0.29, 0.717) is 34.8 Å². The number of aromatic carboxylic acids is 1. The summed E-state index contributed by atoms with van der Waals surface area (Å²) in [5.74, 6) is 2.12. The number of hydrogen-bond acceptors (Lipinski definition) is 3. The van der Waals surface area contributed by atoms with Crippen molar-refractivity contribution in [1.82, 2.24) is 10.2 Å². The number of carboxylic acid groups (broad SMARTS) is 1. The van der Waals surface area contributed by atoms with E-state index in [4.69, 9.17) is 0 Å². The highest BCUT2D eigenvalue weighted by Gasteiger charge is 2.69. The van der Waals surface area contributed by atoms with Gasteiger partial charge in [0, 0.05) is 6.54 Å². The summed E-state index contributed by atoms with van der Waals surface area (Å²) in [7, 11) is 3.94. The summed E-state index contributed by atoms with van der Waals surface area (Å²) >= 11 is 0. The fourth-order valence-corrected chi connectivity index (χ4v) is 12.5. The molecule has 236 valence electrons. The molecule has 1 amide bonds. The van der Waals surface area contributed by atoms with E-state index in [-0.39, 0.29) is 22.2 Å². The Labute approximate surface area is 260 Å². The van der Waals surface area contributed by atoms with Crippen LogP contribution in [-0.2, 0) is 4.79 Å². The van der Waals surface area contributed by atoms with Gasteiger partial charge in [-0.1, -0.05) is 59.2 Å². The van der Waals surface area contributed by atoms with Gasteiger partial charge in [0.15, 0.2) is 0 Å². The molecule has 0 heterocycles. The first-order valence-electron chi connectivity index (χ1n) is 17.1. The van der Waals surface area contributed by atoms with Crippen LogP contribution >= 0.6 is 0 Å². The molecule has 5 nitrogen and oxygen atoms in total. The highest BCUT2D eigenvalue weighted by atomic mass is 16.4. The SMILES string of the molecule is CN(C)CC(=O)NCC12CCCC1C1CCC3C4(C)CC=C(c5ccc(C(=O)O)cc5)C(C)(C)C4CCC3(C)[C@]1(C)CC2. The molecule has 0 aromatic heterocycles. The number of carbonyl (C=O) groups excluding carboxylic acids is 1. The third-order valence-electron chi connectivity index (χ3n) is 14.7. The molecular formula is C38H56N2O3. The van der Waals surface area contributed by atoms with E-state index in [9.17, 15) is 14.7 Å². The Kier molecular flexibility index (Phi) is 7.51. The lowest BCUT2D eigenvalue weighted by molar-refractivity contribution is -0.222. The zero-order chi connectivity index (χ0) is 31.0. The molecule has 43 heavy (non-hydrogen) atoms. The summed E-state index contributed by atoms with van der Waals surface area (Å²) < 4.78 is 0. The van der Waals surface area contributed by atoms with Gasteiger partial charge in [0.2, 0.25) is 5.91 Å². The molecule has 0 saturated heterocycles. The summed E-state index contributed by atoms with van der Waals surface area (Å²) in [6, 6.07) is 7.58. The lowest BCUT2D eigenvalue weighted by atomic mass is 9.32. The van der Waals surface area contributed by atoms with Crippen molar-refractivity contribution in [3.05, 3.63) is 41.5 Å². The maximum Gasteiger partial charge on any atom is 0.335 e. The number of hydrogen-bond donors (Lipinski definition) is 2. The number of carboxylic acids is 1. The Bertz CT molecular complexity index is 1300. The fraction of sp³-hybridized carbons (Fsp3) is 0.737. The van der Waals surface area contributed by atoms with E-state index in [2.05, 4.69) is 46.0 Å². The quantitative estimate of drug-likeness (QED) is 0.354. The molecule has 4 saturated carbocycles. The molecule has 0 bridgehead atoms. The minimum Gasteiger partial charge on any atom is -0.478 e. The van der Waals surface area contributed by atoms with Crippen molar-refractivity contribution in [3.63, 3.8) is 0 Å². The maximum absolute atomic E-state index is 12.7. The molecule has 6 rings (SSSR count). The van der Waals surface area contributed by atoms with E-state index in [1.807, 2.05) is 31.1 Å². The Balaban J connectivity index is 1.27. The summed E-state index contributed by atoms with van der Waals surface area (Å²) in [5.41, 5.74) is 4.20. The number of amides is 1. The summed E-state index contributed by atoms with van der Waals surface area (Å²) in [4.78, 5) is 26.1. The van der Waals surface area contributed by atoms with Gasteiger partial charge in [0.25, 0.3) is 0 Å². The van der Waals surface area contributed by atoms with Gasteiger partial charge in [0.05, 0.1) is 12.1 Å². The number of benzene rings is 1. The molecule has 2 N–H and O–H groups in total. The lowest BCUT2D eigenvalue weighted by Gasteiger charge is -2.72. The molecule has 5 aliphatic rings. The predicted molar refractivity (Wildman–Crippen MR) is 174 cm³/mol. The zero-order valence-corrected chi connectivity index (χ0v) is 27.9. The van der Waals surface area contributed by atoms with Crippen molar-refractivity contribution < 1.29 is 14.7 Å². The minimum atomic E-state index is -0.863. The van der Waals surface area contributed by atoms with Gasteiger partial charge in [-0.05, 0) is 146 Å². The molecule has 1 aromatic rings. The molecule has 5 aliphatic carbocycles. The Morgan fingerprint density at radius 3 is 2.26 bits per heavy atom. The van der Waals surface area contributed by atoms with Crippen molar-refractivity contribution in [3.8, 4) is 0 Å². The summed E-state index contributed by atoms with van der Waals surface area (Å²) in [5, 5.41) is 12.8. The number of fused-ring (bicyclic) bond motifs is 7. The average molecular weight is 589 g/mol. The number of nitrogens with one attached hydrogen (secondary N) is 1. The van der Waals surface area contributed by atoms with Crippen LogP contribution in [0.3, 0.4) is 0 Å². The van der Waals surface area contributed by atoms with Gasteiger partial charge in [-0.25, -0.2) is 4.79 Å². The van der Waals surface area contributed by atoms with Gasteiger partial charge in [-0.3, -0.25) is 4.79 Å². The van der Waals surface area contributed by atoms with Gasteiger partial charge in [-0.2, -0.15) is 0 Å². The molecule has 7 unspecified atom stereocenters. The monoisotopic (exact) mass is 588 g/mol. The second-order valence-corrected chi connectivity index (χ2v) is 17.0. The van der Waals surface area contributed by atoms with E-state index < -0.39 is 5.97 Å². The highest BCUT2D eigenvalue weighted by Crippen LogP contribution is 2.77. The van der Waals surface area contributed by atoms with E-state index in [0.717, 1.165) is 24.8 Å². The van der Waals surface area contributed by atoms with Crippen LogP contribution in [0.15, 0.2) is 30.3 Å². The Hall–Kier alpha value is -2.14. The zero-order valence-electron chi connectivity index (χ0n) is 27.9. The molecule has 0 radical (unpaired) electrons. The maximum atomic E-state index is 12.7. The van der Waals surface area contributed by atoms with Crippen LogP contribution in [0, 0.1) is 50.7 Å². The molecule has 8 atom stereocenters. The van der Waals surface area contributed by atoms with Gasteiger partial charge < -0.3 is 15.3 Å². The van der Waals surface area contributed by atoms with Crippen LogP contribution in [0.1, 0.15) is 115 Å². The van der Waals surface area contributed by atoms with Gasteiger partial charge in [-0.15, -0.1) is 0 Å². The summed E-state index contributed by atoms with van der Waals surface area (Å²) in [6.07, 6.45) is 15.4. The molecule has 4 fully saturated rings. The standard InChI is InChI=1S/C38H56N2O3/c1-34(2)27(25-10-12-26(13-11-25)33(42)43)16-19-35(3)30(34)17-20-37(5)31(35)15-14-28-29-9-8-18-38(29,22-21-36(28,37)4)24-39-32(41)23-40(6)7/h10-13,16,28-31H,8-9,14-15,17-24H2,1-7H3,(H,39,41)(H,42,43)/t28?,29?,30?,31?,35?,36-,37?,38?/m1/s1. The van der Waals surface area contributed by atoms with Crippen molar-refractivity contribution in [2.45, 2.75) is 98.8 Å². The van der Waals surface area contributed by atoms with Crippen molar-refractivity contribution in [2.24, 2.45) is 50.7 Å². The third-order valence-corrected chi connectivity index (χ3v) is 14.7. The number of rotatable bonds is 6. The first kappa shape index (κ1) is 30.9. The van der Waals surface area contributed by atoms with Crippen LogP contribution in [-0.4, -0.2) is 49.1 Å². The minimum absolute atomic E-state index is 0.0365. The van der Waals surface area contributed by atoms with Crippen LogP contribution < -0.4 is 5.32 Å². The molecular weight excluding hydrogens is 532 g/mol. The summed E-state index contributed by atoms with van der Waals surface area (Å²) in [6.45, 7) is 14.3. The smallest absolute Gasteiger partial charge is 0.335 e. The van der Waals surface area contributed by atoms with Crippen LogP contribution in [0.2, 0.25) is 0 Å². The normalized spacial score (nSPS) is 41.3. The van der Waals surface area contributed by atoms with E-state index in [1.165, 1.54) is 68.9 Å². The van der Waals surface area contributed by atoms with Crippen LogP contribution in [0.4, 0.5) is 0 Å². The molecule has 0 spiro atoms. The molecule has 0 aliphatic heterocycles. The lowest BCUT2D eigenvalue weighted by Crippen LogP contribution is -2.65. The van der Waals surface area contributed by atoms with Gasteiger partial charge in [0.1, 0.15) is 0 Å². The van der Waals surface area contributed by atoms with E-state index >= 15 is 0 Å². The topological polar surface area (TPSA) is 69.6 Å². The predicted octanol–water partition coefficient (Wildman–Crippen LogP) is 7.91. The molecule has 5 heteroatoms. The van der Waals surface area contributed by atoms with Crippen molar-refractivity contribution >= 4 is 17.4 Å². The average Bonchev–Trinajstić information content (AvgIpc) is 3.36. The fourth-order valence-electron chi connectivity index (χ4n) is 12.5. The second-order valence-electron chi connectivity index (χ2n) is 17.0. The highest BCUT2D eigenvalue weighted by molar-refractivity contribution is 5.88. The first-order valence-corrected chi connectivity index (χ1v) is 17.1. The Morgan fingerprint density at radius 1 is 0.860 bits per heavy atom. The third kappa shape index (κ3) is 4.57. The number of likely N-dealkylation sites (N-methyl/N-ethyl adjacent to an activating group) is 1. The number of carbonyl (C=O) groups is 2. The second kappa shape index (κ2) is 10.5. The largest absolute Gasteiger partial charge is 0.478 e. The first-order chi connectivity index (χ1) is 20.2. The van der Waals surface area contributed by atoms with Gasteiger partial charge >= 0.3 is 5.97 Å². The molecule has 1 aromatic carbocycles. The Morgan fingerprint density at radius 2 is 1.58 bits per heavy atom. The van der Waals surface area contributed by atoms with Crippen molar-refractivity contribution in [2.75, 3.05) is 27.2 Å².